The van der Waals surface area contributed by atoms with Gasteiger partial charge in [0.15, 0.2) is 0 Å². The molecule has 0 aliphatic carbocycles. The van der Waals surface area contributed by atoms with Gasteiger partial charge in [-0.25, -0.2) is 0 Å². The Morgan fingerprint density at radius 3 is 2.31 bits per heavy atom. The highest BCUT2D eigenvalue weighted by atomic mass is 16.3. The Morgan fingerprint density at radius 1 is 1.38 bits per heavy atom. The van der Waals surface area contributed by atoms with Gasteiger partial charge in [-0.2, -0.15) is 0 Å². The Hall–Kier alpha value is -0.120. The Balaban J connectivity index is 3.82. The van der Waals surface area contributed by atoms with Gasteiger partial charge < -0.3 is 15.5 Å². The number of hydrogen-bond donors (Lipinski definition) is 3. The minimum atomic E-state index is -0.769. The van der Waals surface area contributed by atoms with Crippen molar-refractivity contribution in [3.05, 3.63) is 0 Å². The number of hydrogen-bond acceptors (Lipinski definition) is 3. The molecule has 0 aliphatic heterocycles. The van der Waals surface area contributed by atoms with E-state index < -0.39 is 11.7 Å². The van der Waals surface area contributed by atoms with Gasteiger partial charge in [-0.3, -0.25) is 0 Å². The normalized spacial score (nSPS) is 18.7. The van der Waals surface area contributed by atoms with Gasteiger partial charge in [0, 0.05) is 13.0 Å². The summed E-state index contributed by atoms with van der Waals surface area (Å²) in [5.41, 5.74) is -0.769. The van der Waals surface area contributed by atoms with Gasteiger partial charge in [0.1, 0.15) is 0 Å². The van der Waals surface area contributed by atoms with E-state index in [4.69, 9.17) is 0 Å². The number of aliphatic hydroxyl groups is 2. The van der Waals surface area contributed by atoms with E-state index in [0.717, 1.165) is 6.54 Å². The first kappa shape index (κ1) is 12.9. The van der Waals surface area contributed by atoms with Gasteiger partial charge >= 0.3 is 0 Å². The molecule has 0 saturated carbocycles. The molecular formula is C10H23NO2. The summed E-state index contributed by atoms with van der Waals surface area (Å²) in [6, 6.07) is 0. The second-order valence-electron chi connectivity index (χ2n) is 4.18. The predicted octanol–water partition coefficient (Wildman–Crippen LogP) is 0.754. The van der Waals surface area contributed by atoms with Crippen molar-refractivity contribution >= 4 is 0 Å². The van der Waals surface area contributed by atoms with Gasteiger partial charge in [-0.1, -0.05) is 20.8 Å². The molecule has 0 aromatic heterocycles. The maximum Gasteiger partial charge on any atom is 0.0691 e. The molecular weight excluding hydrogens is 166 g/mol. The quantitative estimate of drug-likeness (QED) is 0.578. The lowest BCUT2D eigenvalue weighted by Crippen LogP contribution is -2.39. The van der Waals surface area contributed by atoms with Crippen molar-refractivity contribution in [3.8, 4) is 0 Å². The standard InChI is InChI=1S/C10H23NO2/c1-5-11-7-9(12)6-10(4,13)8(2)3/h8-9,11-13H,5-7H2,1-4H3/t9-,10+/m0/s1. The van der Waals surface area contributed by atoms with Crippen LogP contribution >= 0.6 is 0 Å². The van der Waals surface area contributed by atoms with Crippen molar-refractivity contribution in [2.45, 2.75) is 45.8 Å². The largest absolute Gasteiger partial charge is 0.392 e. The third kappa shape index (κ3) is 5.24. The molecule has 0 fully saturated rings. The van der Waals surface area contributed by atoms with Crippen LogP contribution in [-0.4, -0.2) is 35.0 Å². The number of likely N-dealkylation sites (N-methyl/N-ethyl adjacent to an activating group) is 1. The molecule has 2 atom stereocenters. The lowest BCUT2D eigenvalue weighted by Gasteiger charge is -2.30. The molecule has 0 amide bonds. The fourth-order valence-electron chi connectivity index (χ4n) is 1.10. The summed E-state index contributed by atoms with van der Waals surface area (Å²) in [4.78, 5) is 0. The summed E-state index contributed by atoms with van der Waals surface area (Å²) < 4.78 is 0. The summed E-state index contributed by atoms with van der Waals surface area (Å²) in [5.74, 6) is 0.170. The molecule has 13 heavy (non-hydrogen) atoms. The van der Waals surface area contributed by atoms with E-state index in [1.54, 1.807) is 6.92 Å². The third-order valence-corrected chi connectivity index (χ3v) is 2.52. The minimum absolute atomic E-state index is 0.170. The Morgan fingerprint density at radius 2 is 1.92 bits per heavy atom. The molecule has 0 saturated heterocycles. The molecule has 0 heterocycles. The zero-order valence-electron chi connectivity index (χ0n) is 9.17. The average molecular weight is 189 g/mol. The van der Waals surface area contributed by atoms with Crippen LogP contribution in [0.4, 0.5) is 0 Å². The van der Waals surface area contributed by atoms with Crippen molar-refractivity contribution in [2.75, 3.05) is 13.1 Å². The first-order chi connectivity index (χ1) is 5.90. The number of rotatable bonds is 6. The summed E-state index contributed by atoms with van der Waals surface area (Å²) in [5, 5.41) is 22.5. The summed E-state index contributed by atoms with van der Waals surface area (Å²) >= 11 is 0. The van der Waals surface area contributed by atoms with Crippen LogP contribution in [0.15, 0.2) is 0 Å². The van der Waals surface area contributed by atoms with E-state index >= 15 is 0 Å². The van der Waals surface area contributed by atoms with Crippen molar-refractivity contribution in [2.24, 2.45) is 5.92 Å². The van der Waals surface area contributed by atoms with Crippen LogP contribution in [0, 0.1) is 5.92 Å². The molecule has 0 aliphatic rings. The molecule has 0 aromatic carbocycles. The van der Waals surface area contributed by atoms with Crippen LogP contribution < -0.4 is 5.32 Å². The fraction of sp³-hybridized carbons (Fsp3) is 1.00. The molecule has 0 bridgehead atoms. The van der Waals surface area contributed by atoms with E-state index in [-0.39, 0.29) is 5.92 Å². The van der Waals surface area contributed by atoms with Gasteiger partial charge in [0.25, 0.3) is 0 Å². The zero-order chi connectivity index (χ0) is 10.5. The summed E-state index contributed by atoms with van der Waals surface area (Å²) in [7, 11) is 0. The first-order valence-electron chi connectivity index (χ1n) is 5.01. The maximum atomic E-state index is 9.87. The lowest BCUT2D eigenvalue weighted by molar-refractivity contribution is -0.0302. The zero-order valence-corrected chi connectivity index (χ0v) is 9.17. The molecule has 3 nitrogen and oxygen atoms in total. The van der Waals surface area contributed by atoms with Gasteiger partial charge in [-0.05, 0) is 19.4 Å². The van der Waals surface area contributed by atoms with E-state index in [1.807, 2.05) is 20.8 Å². The number of aliphatic hydroxyl groups excluding tert-OH is 1. The maximum absolute atomic E-state index is 9.87. The van der Waals surface area contributed by atoms with E-state index in [9.17, 15) is 10.2 Å². The molecule has 80 valence electrons. The van der Waals surface area contributed by atoms with Crippen LogP contribution in [0.25, 0.3) is 0 Å². The molecule has 0 rings (SSSR count). The monoisotopic (exact) mass is 189 g/mol. The van der Waals surface area contributed by atoms with Crippen LogP contribution in [0.5, 0.6) is 0 Å². The second kappa shape index (κ2) is 5.58. The molecule has 0 radical (unpaired) electrons. The minimum Gasteiger partial charge on any atom is -0.392 e. The predicted molar refractivity (Wildman–Crippen MR) is 54.6 cm³/mol. The molecule has 3 N–H and O–H groups in total. The highest BCUT2D eigenvalue weighted by molar-refractivity contribution is 4.80. The summed E-state index contributed by atoms with van der Waals surface area (Å²) in [6.45, 7) is 9.08. The second-order valence-corrected chi connectivity index (χ2v) is 4.18. The molecule has 0 aromatic rings. The fourth-order valence-corrected chi connectivity index (χ4v) is 1.10. The van der Waals surface area contributed by atoms with Crippen LogP contribution in [0.1, 0.15) is 34.1 Å². The Kier molecular flexibility index (Phi) is 5.53. The first-order valence-corrected chi connectivity index (χ1v) is 5.01. The Bertz CT molecular complexity index is 135. The lowest BCUT2D eigenvalue weighted by atomic mass is 9.87. The molecule has 0 unspecified atom stereocenters. The van der Waals surface area contributed by atoms with E-state index in [2.05, 4.69) is 5.32 Å². The van der Waals surface area contributed by atoms with Gasteiger partial charge in [0.05, 0.1) is 11.7 Å². The highest BCUT2D eigenvalue weighted by Gasteiger charge is 2.27. The van der Waals surface area contributed by atoms with Crippen LogP contribution in [0.3, 0.4) is 0 Å². The average Bonchev–Trinajstić information content (AvgIpc) is 1.99. The van der Waals surface area contributed by atoms with Gasteiger partial charge in [0.2, 0.25) is 0 Å². The summed E-state index contributed by atoms with van der Waals surface area (Å²) in [6.07, 6.45) is -0.0325. The van der Waals surface area contributed by atoms with Crippen molar-refractivity contribution in [1.82, 2.24) is 5.32 Å². The van der Waals surface area contributed by atoms with Crippen molar-refractivity contribution in [3.63, 3.8) is 0 Å². The SMILES string of the molecule is CCNC[C@@H](O)C[C@@](C)(O)C(C)C. The Labute approximate surface area is 81.2 Å². The van der Waals surface area contributed by atoms with Crippen molar-refractivity contribution in [1.29, 1.82) is 0 Å². The third-order valence-electron chi connectivity index (χ3n) is 2.52. The van der Waals surface area contributed by atoms with Crippen LogP contribution in [0.2, 0.25) is 0 Å². The number of nitrogens with one attached hydrogen (secondary N) is 1. The van der Waals surface area contributed by atoms with E-state index in [0.29, 0.717) is 13.0 Å². The van der Waals surface area contributed by atoms with Crippen molar-refractivity contribution < 1.29 is 10.2 Å². The van der Waals surface area contributed by atoms with E-state index in [1.165, 1.54) is 0 Å². The smallest absolute Gasteiger partial charge is 0.0691 e. The molecule has 0 spiro atoms. The highest BCUT2D eigenvalue weighted by Crippen LogP contribution is 2.21. The molecule has 3 heteroatoms. The topological polar surface area (TPSA) is 52.5 Å². The van der Waals surface area contributed by atoms with Gasteiger partial charge in [-0.15, -0.1) is 0 Å². The van der Waals surface area contributed by atoms with Crippen LogP contribution in [-0.2, 0) is 0 Å².